The largest absolute Gasteiger partial charge is 0.412 e. The van der Waals surface area contributed by atoms with Crippen molar-refractivity contribution in [3.05, 3.63) is 30.3 Å². The van der Waals surface area contributed by atoms with E-state index >= 15 is 0 Å². The minimum atomic E-state index is -0.409. The summed E-state index contributed by atoms with van der Waals surface area (Å²) in [4.78, 5) is 13.6. The molecule has 0 aliphatic rings. The van der Waals surface area contributed by atoms with E-state index in [1.165, 1.54) is 0 Å². The maximum absolute atomic E-state index is 11.4. The van der Waals surface area contributed by atoms with E-state index in [9.17, 15) is 4.79 Å². The Morgan fingerprint density at radius 1 is 1.35 bits per heavy atom. The van der Waals surface area contributed by atoms with Crippen molar-refractivity contribution < 1.29 is 9.53 Å². The molecule has 4 nitrogen and oxygen atoms in total. The average molecular weight is 236 g/mol. The van der Waals surface area contributed by atoms with Gasteiger partial charge in [-0.05, 0) is 33.0 Å². The third kappa shape index (κ3) is 5.36. The zero-order chi connectivity index (χ0) is 12.7. The first kappa shape index (κ1) is 13.5. The van der Waals surface area contributed by atoms with Crippen molar-refractivity contribution in [2.75, 3.05) is 20.1 Å². The van der Waals surface area contributed by atoms with E-state index in [-0.39, 0.29) is 0 Å². The van der Waals surface area contributed by atoms with Crippen molar-refractivity contribution in [2.45, 2.75) is 19.9 Å². The molecule has 94 valence electrons. The van der Waals surface area contributed by atoms with Crippen molar-refractivity contribution in [3.8, 4) is 5.75 Å². The molecule has 1 aromatic rings. The first-order chi connectivity index (χ1) is 8.09. The lowest BCUT2D eigenvalue weighted by Crippen LogP contribution is -2.37. The molecule has 0 radical (unpaired) electrons. The van der Waals surface area contributed by atoms with Crippen LogP contribution in [0.3, 0.4) is 0 Å². The van der Waals surface area contributed by atoms with Gasteiger partial charge in [-0.3, -0.25) is 0 Å². The highest BCUT2D eigenvalue weighted by atomic mass is 16.5. The summed E-state index contributed by atoms with van der Waals surface area (Å²) in [6, 6.07) is 9.51. The number of likely N-dealkylation sites (N-methyl/N-ethyl adjacent to an activating group) is 1. The maximum atomic E-state index is 11.4. The third-order valence-electron chi connectivity index (χ3n) is 2.57. The van der Waals surface area contributed by atoms with Crippen LogP contribution in [-0.4, -0.2) is 37.2 Å². The van der Waals surface area contributed by atoms with Crippen LogP contribution >= 0.6 is 0 Å². The van der Waals surface area contributed by atoms with Crippen LogP contribution < -0.4 is 10.1 Å². The fourth-order valence-electron chi connectivity index (χ4n) is 1.22. The first-order valence-electron chi connectivity index (χ1n) is 5.80. The Kier molecular flexibility index (Phi) is 5.49. The molecule has 0 aromatic heterocycles. The molecule has 0 saturated carbocycles. The van der Waals surface area contributed by atoms with Gasteiger partial charge >= 0.3 is 6.09 Å². The van der Waals surface area contributed by atoms with Crippen LogP contribution in [0.4, 0.5) is 4.79 Å². The molecule has 1 aromatic carbocycles. The molecule has 0 heterocycles. The number of amides is 1. The molecule has 0 spiro atoms. The minimum Gasteiger partial charge on any atom is -0.410 e. The second-order valence-corrected chi connectivity index (χ2v) is 4.20. The molecule has 0 aliphatic heterocycles. The molecule has 17 heavy (non-hydrogen) atoms. The average Bonchev–Trinajstić information content (AvgIpc) is 2.30. The van der Waals surface area contributed by atoms with Gasteiger partial charge in [-0.1, -0.05) is 18.2 Å². The second kappa shape index (κ2) is 6.91. The Labute approximate surface area is 103 Å². The smallest absolute Gasteiger partial charge is 0.410 e. The quantitative estimate of drug-likeness (QED) is 0.851. The number of benzene rings is 1. The highest BCUT2D eigenvalue weighted by Gasteiger charge is 2.05. The highest BCUT2D eigenvalue weighted by Crippen LogP contribution is 2.07. The Balaban J connectivity index is 2.22. The van der Waals surface area contributed by atoms with Gasteiger partial charge < -0.3 is 15.0 Å². The second-order valence-electron chi connectivity index (χ2n) is 4.20. The highest BCUT2D eigenvalue weighted by molar-refractivity contribution is 5.70. The van der Waals surface area contributed by atoms with Gasteiger partial charge in [0.05, 0.1) is 0 Å². The normalized spacial score (nSPS) is 10.6. The molecule has 0 unspecified atom stereocenters. The lowest BCUT2D eigenvalue weighted by Gasteiger charge is -2.20. The van der Waals surface area contributed by atoms with Gasteiger partial charge in [-0.25, -0.2) is 4.79 Å². The lowest BCUT2D eigenvalue weighted by atomic mass is 10.3. The molecule has 0 bridgehead atoms. The fraction of sp³-hybridized carbons (Fsp3) is 0.462. The predicted molar refractivity (Wildman–Crippen MR) is 68.2 cm³/mol. The van der Waals surface area contributed by atoms with E-state index in [2.05, 4.69) is 24.1 Å². The van der Waals surface area contributed by atoms with Gasteiger partial charge in [0.2, 0.25) is 0 Å². The maximum Gasteiger partial charge on any atom is 0.412 e. The van der Waals surface area contributed by atoms with Gasteiger partial charge in [-0.15, -0.1) is 0 Å². The van der Waals surface area contributed by atoms with E-state index in [4.69, 9.17) is 4.74 Å². The standard InChI is InChI=1S/C13H20N2O2/c1-11(2)15(3)10-9-14-13(16)17-12-7-5-4-6-8-12/h4-8,11H,9-10H2,1-3H3,(H,14,16). The molecule has 1 N–H and O–H groups in total. The van der Waals surface area contributed by atoms with E-state index < -0.39 is 6.09 Å². The van der Waals surface area contributed by atoms with Crippen molar-refractivity contribution in [1.29, 1.82) is 0 Å². The lowest BCUT2D eigenvalue weighted by molar-refractivity contribution is 0.196. The van der Waals surface area contributed by atoms with Crippen LogP contribution in [0.1, 0.15) is 13.8 Å². The van der Waals surface area contributed by atoms with Gasteiger partial charge in [0.1, 0.15) is 5.75 Å². The van der Waals surface area contributed by atoms with Crippen molar-refractivity contribution in [1.82, 2.24) is 10.2 Å². The number of hydrogen-bond acceptors (Lipinski definition) is 3. The third-order valence-corrected chi connectivity index (χ3v) is 2.57. The number of ether oxygens (including phenoxy) is 1. The number of nitrogens with one attached hydrogen (secondary N) is 1. The zero-order valence-corrected chi connectivity index (χ0v) is 10.6. The number of carbonyl (C=O) groups is 1. The van der Waals surface area contributed by atoms with Gasteiger partial charge in [-0.2, -0.15) is 0 Å². The van der Waals surface area contributed by atoms with Crippen LogP contribution in [0.15, 0.2) is 30.3 Å². The van der Waals surface area contributed by atoms with E-state index in [1.807, 2.05) is 25.2 Å². The summed E-state index contributed by atoms with van der Waals surface area (Å²) in [5.74, 6) is 0.558. The van der Waals surface area contributed by atoms with E-state index in [0.29, 0.717) is 18.3 Å². The number of hydrogen-bond donors (Lipinski definition) is 1. The topological polar surface area (TPSA) is 41.6 Å². The number of para-hydroxylation sites is 1. The summed E-state index contributed by atoms with van der Waals surface area (Å²) < 4.78 is 5.09. The number of nitrogens with zero attached hydrogens (tertiary/aromatic N) is 1. The van der Waals surface area contributed by atoms with Crippen LogP contribution in [0.2, 0.25) is 0 Å². The minimum absolute atomic E-state index is 0.409. The summed E-state index contributed by atoms with van der Waals surface area (Å²) in [6.07, 6.45) is -0.409. The molecule has 4 heteroatoms. The van der Waals surface area contributed by atoms with Gasteiger partial charge in [0, 0.05) is 19.1 Å². The predicted octanol–water partition coefficient (Wildman–Crippen LogP) is 2.12. The molecule has 0 atom stereocenters. The molecule has 1 amide bonds. The van der Waals surface area contributed by atoms with Crippen LogP contribution in [0.25, 0.3) is 0 Å². The Bertz CT molecular complexity index is 339. The Morgan fingerprint density at radius 3 is 2.59 bits per heavy atom. The fourth-order valence-corrected chi connectivity index (χ4v) is 1.22. The van der Waals surface area contributed by atoms with Gasteiger partial charge in [0.25, 0.3) is 0 Å². The summed E-state index contributed by atoms with van der Waals surface area (Å²) in [7, 11) is 2.02. The molecule has 0 aliphatic carbocycles. The van der Waals surface area contributed by atoms with Crippen LogP contribution in [0, 0.1) is 0 Å². The van der Waals surface area contributed by atoms with Crippen LogP contribution in [-0.2, 0) is 0 Å². The van der Waals surface area contributed by atoms with E-state index in [1.54, 1.807) is 12.1 Å². The van der Waals surface area contributed by atoms with Crippen molar-refractivity contribution in [2.24, 2.45) is 0 Å². The summed E-state index contributed by atoms with van der Waals surface area (Å²) in [5.41, 5.74) is 0. The Hall–Kier alpha value is -1.55. The molecular weight excluding hydrogens is 216 g/mol. The molecular formula is C13H20N2O2. The summed E-state index contributed by atoms with van der Waals surface area (Å²) in [6.45, 7) is 5.62. The molecule has 0 fully saturated rings. The SMILES string of the molecule is CC(C)N(C)CCNC(=O)Oc1ccccc1. The van der Waals surface area contributed by atoms with Crippen LogP contribution in [0.5, 0.6) is 5.75 Å². The number of rotatable bonds is 5. The van der Waals surface area contributed by atoms with Gasteiger partial charge in [0.15, 0.2) is 0 Å². The van der Waals surface area contributed by atoms with Crippen molar-refractivity contribution >= 4 is 6.09 Å². The molecule has 1 rings (SSSR count). The number of carbonyl (C=O) groups excluding carboxylic acids is 1. The van der Waals surface area contributed by atoms with E-state index in [0.717, 1.165) is 6.54 Å². The zero-order valence-electron chi connectivity index (χ0n) is 10.6. The summed E-state index contributed by atoms with van der Waals surface area (Å²) >= 11 is 0. The Morgan fingerprint density at radius 2 is 2.00 bits per heavy atom. The summed E-state index contributed by atoms with van der Waals surface area (Å²) in [5, 5.41) is 2.71. The first-order valence-corrected chi connectivity index (χ1v) is 5.80. The monoisotopic (exact) mass is 236 g/mol. The molecule has 0 saturated heterocycles. The van der Waals surface area contributed by atoms with Crippen molar-refractivity contribution in [3.63, 3.8) is 0 Å².